The standard InChI is InChI=1S/C10H12N/c1-2-6-9(5-1)10-7-3-4-8-11-10/h3-4,7,9H,1-2,5-6H2. The summed E-state index contributed by atoms with van der Waals surface area (Å²) in [6, 6.07) is 6.01. The Labute approximate surface area is 67.5 Å². The van der Waals surface area contributed by atoms with Crippen molar-refractivity contribution < 1.29 is 0 Å². The zero-order valence-electron chi connectivity index (χ0n) is 6.59. The summed E-state index contributed by atoms with van der Waals surface area (Å²) in [5, 5.41) is 0. The van der Waals surface area contributed by atoms with Gasteiger partial charge in [0.05, 0.1) is 6.20 Å². The van der Waals surface area contributed by atoms with Crippen molar-refractivity contribution >= 4 is 0 Å². The maximum atomic E-state index is 4.24. The van der Waals surface area contributed by atoms with Gasteiger partial charge in [0.2, 0.25) is 0 Å². The molecular weight excluding hydrogens is 134 g/mol. The van der Waals surface area contributed by atoms with Gasteiger partial charge in [-0.2, -0.15) is 0 Å². The van der Waals surface area contributed by atoms with Gasteiger partial charge in [0.15, 0.2) is 0 Å². The fraction of sp³-hybridized carbons (Fsp3) is 0.500. The number of nitrogens with zero attached hydrogens (tertiary/aromatic N) is 1. The van der Waals surface area contributed by atoms with E-state index in [1.807, 2.05) is 12.1 Å². The van der Waals surface area contributed by atoms with E-state index in [1.54, 1.807) is 0 Å². The number of pyridine rings is 1. The lowest BCUT2D eigenvalue weighted by atomic mass is 10.0. The van der Waals surface area contributed by atoms with Crippen molar-refractivity contribution in [2.75, 3.05) is 0 Å². The summed E-state index contributed by atoms with van der Waals surface area (Å²) >= 11 is 0. The first kappa shape index (κ1) is 6.84. The fourth-order valence-corrected chi connectivity index (χ4v) is 1.79. The average Bonchev–Trinajstić information content (AvgIpc) is 2.58. The minimum atomic E-state index is 0.729. The van der Waals surface area contributed by atoms with Gasteiger partial charge in [0.25, 0.3) is 0 Å². The highest BCUT2D eigenvalue weighted by atomic mass is 14.7. The maximum absolute atomic E-state index is 4.24. The Balaban J connectivity index is 2.16. The molecule has 0 aromatic carbocycles. The van der Waals surface area contributed by atoms with E-state index in [4.69, 9.17) is 0 Å². The average molecular weight is 146 g/mol. The number of hydrogen-bond donors (Lipinski definition) is 0. The first-order valence-electron chi connectivity index (χ1n) is 4.30. The molecule has 57 valence electrons. The van der Waals surface area contributed by atoms with Gasteiger partial charge in [-0.15, -0.1) is 0 Å². The molecule has 1 fully saturated rings. The van der Waals surface area contributed by atoms with Crippen LogP contribution in [0.2, 0.25) is 0 Å². The van der Waals surface area contributed by atoms with Crippen molar-refractivity contribution in [3.8, 4) is 0 Å². The van der Waals surface area contributed by atoms with Gasteiger partial charge in [-0.1, -0.05) is 18.9 Å². The second-order valence-corrected chi connectivity index (χ2v) is 3.17. The summed E-state index contributed by atoms with van der Waals surface area (Å²) in [6.07, 6.45) is 8.29. The molecule has 1 aliphatic carbocycles. The molecule has 0 spiro atoms. The van der Waals surface area contributed by atoms with E-state index in [0.29, 0.717) is 0 Å². The van der Waals surface area contributed by atoms with E-state index < -0.39 is 0 Å². The van der Waals surface area contributed by atoms with Crippen LogP contribution in [-0.2, 0) is 0 Å². The van der Waals surface area contributed by atoms with Crippen LogP contribution in [0.1, 0.15) is 37.3 Å². The molecule has 0 amide bonds. The molecular formula is C10H12N. The minimum absolute atomic E-state index is 0.729. The molecule has 0 saturated heterocycles. The molecule has 0 aliphatic heterocycles. The van der Waals surface area contributed by atoms with E-state index in [9.17, 15) is 0 Å². The van der Waals surface area contributed by atoms with Gasteiger partial charge >= 0.3 is 0 Å². The predicted octanol–water partition coefficient (Wildman–Crippen LogP) is 2.54. The Kier molecular flexibility index (Phi) is 1.89. The monoisotopic (exact) mass is 146 g/mol. The van der Waals surface area contributed by atoms with Gasteiger partial charge in [-0.3, -0.25) is 4.98 Å². The van der Waals surface area contributed by atoms with Crippen LogP contribution in [0.3, 0.4) is 0 Å². The largest absolute Gasteiger partial charge is 0.251 e. The number of aromatic nitrogens is 1. The molecule has 0 bridgehead atoms. The summed E-state index contributed by atoms with van der Waals surface area (Å²) in [5.74, 6) is 0.729. The fourth-order valence-electron chi connectivity index (χ4n) is 1.79. The zero-order chi connectivity index (χ0) is 7.52. The number of hydrogen-bond acceptors (Lipinski definition) is 1. The van der Waals surface area contributed by atoms with Crippen LogP contribution in [0.25, 0.3) is 0 Å². The molecule has 1 heteroatoms. The van der Waals surface area contributed by atoms with E-state index in [0.717, 1.165) is 5.92 Å². The minimum Gasteiger partial charge on any atom is -0.251 e. The maximum Gasteiger partial charge on any atom is 0.0889 e. The Bertz CT molecular complexity index is 212. The summed E-state index contributed by atoms with van der Waals surface area (Å²) in [5.41, 5.74) is 1.24. The van der Waals surface area contributed by atoms with Crippen molar-refractivity contribution in [2.45, 2.75) is 31.6 Å². The molecule has 0 N–H and O–H groups in total. The Morgan fingerprint density at radius 2 is 2.18 bits per heavy atom. The molecule has 0 unspecified atom stereocenters. The lowest BCUT2D eigenvalue weighted by Crippen LogP contribution is -1.94. The Hall–Kier alpha value is -0.850. The normalized spacial score (nSPS) is 18.9. The van der Waals surface area contributed by atoms with Crippen molar-refractivity contribution in [3.63, 3.8) is 0 Å². The highest BCUT2D eigenvalue weighted by Gasteiger charge is 2.17. The van der Waals surface area contributed by atoms with Crippen LogP contribution in [-0.4, -0.2) is 4.98 Å². The zero-order valence-corrected chi connectivity index (χ0v) is 6.59. The van der Waals surface area contributed by atoms with Gasteiger partial charge in [0, 0.05) is 11.6 Å². The third kappa shape index (κ3) is 1.42. The predicted molar refractivity (Wildman–Crippen MR) is 44.3 cm³/mol. The summed E-state index contributed by atoms with van der Waals surface area (Å²) < 4.78 is 0. The van der Waals surface area contributed by atoms with E-state index in [1.165, 1.54) is 31.4 Å². The van der Waals surface area contributed by atoms with Crippen molar-refractivity contribution in [1.82, 2.24) is 4.98 Å². The van der Waals surface area contributed by atoms with Gasteiger partial charge in [0.1, 0.15) is 0 Å². The van der Waals surface area contributed by atoms with Crippen LogP contribution in [0, 0.1) is 6.20 Å². The highest BCUT2D eigenvalue weighted by molar-refractivity contribution is 5.09. The Morgan fingerprint density at radius 1 is 1.36 bits per heavy atom. The van der Waals surface area contributed by atoms with E-state index in [-0.39, 0.29) is 0 Å². The van der Waals surface area contributed by atoms with Gasteiger partial charge in [-0.25, -0.2) is 0 Å². The second kappa shape index (κ2) is 3.04. The SMILES string of the molecule is [c]1cccc(C2CCCC2)n1. The van der Waals surface area contributed by atoms with Crippen LogP contribution in [0.15, 0.2) is 18.2 Å². The molecule has 1 nitrogen and oxygen atoms in total. The van der Waals surface area contributed by atoms with Gasteiger partial charge in [-0.05, 0) is 25.0 Å². The first-order chi connectivity index (χ1) is 5.47. The van der Waals surface area contributed by atoms with Crippen molar-refractivity contribution in [1.29, 1.82) is 0 Å². The summed E-state index contributed by atoms with van der Waals surface area (Å²) in [4.78, 5) is 4.24. The summed E-state index contributed by atoms with van der Waals surface area (Å²) in [6.45, 7) is 0. The third-order valence-electron chi connectivity index (χ3n) is 2.40. The molecule has 1 radical (unpaired) electrons. The van der Waals surface area contributed by atoms with Crippen molar-refractivity contribution in [2.24, 2.45) is 0 Å². The second-order valence-electron chi connectivity index (χ2n) is 3.17. The number of rotatable bonds is 1. The van der Waals surface area contributed by atoms with Crippen LogP contribution >= 0.6 is 0 Å². The topological polar surface area (TPSA) is 12.9 Å². The molecule has 1 aromatic heterocycles. The molecule has 1 saturated carbocycles. The molecule has 11 heavy (non-hydrogen) atoms. The first-order valence-corrected chi connectivity index (χ1v) is 4.30. The quantitative estimate of drug-likeness (QED) is 0.593. The van der Waals surface area contributed by atoms with E-state index in [2.05, 4.69) is 17.2 Å². The van der Waals surface area contributed by atoms with E-state index >= 15 is 0 Å². The molecule has 1 aliphatic rings. The molecule has 2 rings (SSSR count). The van der Waals surface area contributed by atoms with Crippen LogP contribution in [0.5, 0.6) is 0 Å². The highest BCUT2D eigenvalue weighted by Crippen LogP contribution is 2.32. The lowest BCUT2D eigenvalue weighted by Gasteiger charge is -2.05. The third-order valence-corrected chi connectivity index (χ3v) is 2.40. The molecule has 1 heterocycles. The smallest absolute Gasteiger partial charge is 0.0889 e. The molecule has 1 aromatic rings. The molecule has 0 atom stereocenters. The lowest BCUT2D eigenvalue weighted by molar-refractivity contribution is 0.697. The van der Waals surface area contributed by atoms with Crippen LogP contribution < -0.4 is 0 Å². The Morgan fingerprint density at radius 3 is 2.82 bits per heavy atom. The van der Waals surface area contributed by atoms with Crippen LogP contribution in [0.4, 0.5) is 0 Å². The van der Waals surface area contributed by atoms with Gasteiger partial charge < -0.3 is 0 Å². The van der Waals surface area contributed by atoms with Crippen molar-refractivity contribution in [3.05, 3.63) is 30.1 Å². The summed E-state index contributed by atoms with van der Waals surface area (Å²) in [7, 11) is 0.